The molecule has 1 fully saturated rings. The number of aryl methyl sites for hydroxylation is 1. The van der Waals surface area contributed by atoms with E-state index >= 15 is 0 Å². The van der Waals surface area contributed by atoms with E-state index in [2.05, 4.69) is 4.98 Å². The van der Waals surface area contributed by atoms with Crippen molar-refractivity contribution < 1.29 is 19.4 Å². The van der Waals surface area contributed by atoms with Gasteiger partial charge in [-0.2, -0.15) is 0 Å². The maximum absolute atomic E-state index is 13.0. The van der Waals surface area contributed by atoms with E-state index in [0.717, 1.165) is 16.9 Å². The van der Waals surface area contributed by atoms with Gasteiger partial charge in [-0.05, 0) is 36.6 Å². The number of imidazole rings is 1. The molecular formula is C22H23N3O4. The third-order valence-corrected chi connectivity index (χ3v) is 5.44. The minimum absolute atomic E-state index is 0.0780. The van der Waals surface area contributed by atoms with Gasteiger partial charge in [-0.1, -0.05) is 25.1 Å². The number of fused-ring (bicyclic) bond motifs is 1. The highest BCUT2D eigenvalue weighted by Gasteiger charge is 2.37. The lowest BCUT2D eigenvalue weighted by Crippen LogP contribution is -2.30. The molecule has 0 spiro atoms. The van der Waals surface area contributed by atoms with Gasteiger partial charge in [0.2, 0.25) is 0 Å². The van der Waals surface area contributed by atoms with E-state index in [1.807, 2.05) is 48.8 Å². The molecule has 7 heteroatoms. The van der Waals surface area contributed by atoms with E-state index in [4.69, 9.17) is 4.74 Å². The smallest absolute Gasteiger partial charge is 0.308 e. The van der Waals surface area contributed by atoms with Gasteiger partial charge in [0.25, 0.3) is 5.91 Å². The number of benzene rings is 1. The van der Waals surface area contributed by atoms with Crippen molar-refractivity contribution in [3.63, 3.8) is 0 Å². The molecule has 1 N–H and O–H groups in total. The molecule has 150 valence electrons. The van der Waals surface area contributed by atoms with Gasteiger partial charge in [0.1, 0.15) is 18.0 Å². The van der Waals surface area contributed by atoms with Gasteiger partial charge in [0, 0.05) is 25.5 Å². The van der Waals surface area contributed by atoms with E-state index in [-0.39, 0.29) is 25.0 Å². The summed E-state index contributed by atoms with van der Waals surface area (Å²) in [5.41, 5.74) is 3.15. The lowest BCUT2D eigenvalue weighted by molar-refractivity contribution is -0.142. The van der Waals surface area contributed by atoms with Crippen molar-refractivity contribution in [3.8, 4) is 5.75 Å². The van der Waals surface area contributed by atoms with Crippen molar-refractivity contribution >= 4 is 17.5 Å². The fourth-order valence-corrected chi connectivity index (χ4v) is 3.82. The summed E-state index contributed by atoms with van der Waals surface area (Å²) >= 11 is 0. The molecule has 3 aromatic rings. The minimum atomic E-state index is -0.862. The predicted octanol–water partition coefficient (Wildman–Crippen LogP) is 3.01. The van der Waals surface area contributed by atoms with Crippen molar-refractivity contribution in [3.05, 3.63) is 65.6 Å². The summed E-state index contributed by atoms with van der Waals surface area (Å²) in [6.07, 6.45) is 3.84. The van der Waals surface area contributed by atoms with Crippen molar-refractivity contribution in [1.82, 2.24) is 14.3 Å². The van der Waals surface area contributed by atoms with Crippen LogP contribution in [0.2, 0.25) is 0 Å². The summed E-state index contributed by atoms with van der Waals surface area (Å²) < 4.78 is 7.88. The van der Waals surface area contributed by atoms with Gasteiger partial charge in [-0.25, -0.2) is 4.98 Å². The molecule has 0 radical (unpaired) electrons. The average Bonchev–Trinajstić information content (AvgIpc) is 3.30. The Morgan fingerprint density at radius 3 is 2.72 bits per heavy atom. The van der Waals surface area contributed by atoms with Crippen LogP contribution in [0.5, 0.6) is 5.75 Å². The predicted molar refractivity (Wildman–Crippen MR) is 107 cm³/mol. The Morgan fingerprint density at radius 2 is 2.00 bits per heavy atom. The molecule has 0 bridgehead atoms. The molecule has 7 nitrogen and oxygen atoms in total. The zero-order valence-corrected chi connectivity index (χ0v) is 16.4. The van der Waals surface area contributed by atoms with E-state index in [1.165, 1.54) is 0 Å². The highest BCUT2D eigenvalue weighted by Crippen LogP contribution is 2.28. The molecule has 1 aliphatic rings. The number of hydrogen-bond acceptors (Lipinski definition) is 4. The first kappa shape index (κ1) is 19.0. The maximum atomic E-state index is 13.0. The summed E-state index contributed by atoms with van der Waals surface area (Å²) in [4.78, 5) is 30.6. The number of carbonyl (C=O) groups is 2. The van der Waals surface area contributed by atoms with Crippen LogP contribution in [-0.4, -0.2) is 44.4 Å². The summed E-state index contributed by atoms with van der Waals surface area (Å²) in [6.45, 7) is 4.74. The monoisotopic (exact) mass is 393 g/mol. The van der Waals surface area contributed by atoms with Crippen LogP contribution in [0.1, 0.15) is 28.5 Å². The van der Waals surface area contributed by atoms with E-state index < -0.39 is 11.9 Å². The SMILES string of the molecule is Cc1cccn2cc(COc3ccccc3C(=O)N3C[C@@H](C)[C@H](C(=O)O)C3)nc12. The maximum Gasteiger partial charge on any atom is 0.308 e. The number of nitrogens with zero attached hydrogens (tertiary/aromatic N) is 3. The quantitative estimate of drug-likeness (QED) is 0.720. The van der Waals surface area contributed by atoms with E-state index in [0.29, 0.717) is 17.9 Å². The Bertz CT molecular complexity index is 1070. The van der Waals surface area contributed by atoms with Gasteiger partial charge >= 0.3 is 5.97 Å². The average molecular weight is 393 g/mol. The van der Waals surface area contributed by atoms with Crippen LogP contribution in [-0.2, 0) is 11.4 Å². The molecule has 1 saturated heterocycles. The Hall–Kier alpha value is -3.35. The zero-order chi connectivity index (χ0) is 20.5. The third kappa shape index (κ3) is 3.68. The number of carboxylic acids is 1. The number of hydrogen-bond donors (Lipinski definition) is 1. The number of likely N-dealkylation sites (tertiary alicyclic amines) is 1. The van der Waals surface area contributed by atoms with Crippen molar-refractivity contribution in [2.24, 2.45) is 11.8 Å². The number of pyridine rings is 1. The van der Waals surface area contributed by atoms with Crippen LogP contribution in [0, 0.1) is 18.8 Å². The molecule has 0 aliphatic carbocycles. The fraction of sp³-hybridized carbons (Fsp3) is 0.318. The molecule has 1 aromatic carbocycles. The second-order valence-electron chi connectivity index (χ2n) is 7.57. The van der Waals surface area contributed by atoms with Crippen molar-refractivity contribution in [2.45, 2.75) is 20.5 Å². The highest BCUT2D eigenvalue weighted by molar-refractivity contribution is 5.97. The summed E-state index contributed by atoms with van der Waals surface area (Å²) in [5.74, 6) is -1.21. The van der Waals surface area contributed by atoms with Crippen LogP contribution in [0.3, 0.4) is 0 Å². The normalized spacial score (nSPS) is 18.9. The largest absolute Gasteiger partial charge is 0.486 e. The number of rotatable bonds is 5. The van der Waals surface area contributed by atoms with Gasteiger partial charge in [0.15, 0.2) is 0 Å². The summed E-state index contributed by atoms with van der Waals surface area (Å²) in [5, 5.41) is 9.33. The number of amides is 1. The first-order chi connectivity index (χ1) is 13.9. The topological polar surface area (TPSA) is 84.1 Å². The van der Waals surface area contributed by atoms with Gasteiger partial charge in [0.05, 0.1) is 17.2 Å². The molecule has 3 heterocycles. The first-order valence-electron chi connectivity index (χ1n) is 9.61. The molecule has 4 rings (SSSR count). The molecule has 1 amide bonds. The Morgan fingerprint density at radius 1 is 1.21 bits per heavy atom. The number of para-hydroxylation sites is 1. The second-order valence-corrected chi connectivity index (χ2v) is 7.57. The van der Waals surface area contributed by atoms with Crippen LogP contribution in [0.4, 0.5) is 0 Å². The molecule has 29 heavy (non-hydrogen) atoms. The Balaban J connectivity index is 1.51. The number of aliphatic carboxylic acids is 1. The van der Waals surface area contributed by atoms with Gasteiger partial charge in [-0.15, -0.1) is 0 Å². The van der Waals surface area contributed by atoms with E-state index in [1.54, 1.807) is 23.1 Å². The lowest BCUT2D eigenvalue weighted by Gasteiger charge is -2.18. The number of carboxylic acid groups (broad SMARTS) is 1. The number of carbonyl (C=O) groups excluding carboxylic acids is 1. The standard InChI is InChI=1S/C22H23N3O4/c1-14-6-5-9-24-11-16(23-20(14)24)13-29-19-8-4-3-7-17(19)21(26)25-10-15(2)18(12-25)22(27)28/h3-9,11,15,18H,10,12-13H2,1-2H3,(H,27,28)/t15-,18-/m1/s1. The van der Waals surface area contributed by atoms with Crippen molar-refractivity contribution in [1.29, 1.82) is 0 Å². The molecular weight excluding hydrogens is 370 g/mol. The second kappa shape index (κ2) is 7.58. The fourth-order valence-electron chi connectivity index (χ4n) is 3.82. The van der Waals surface area contributed by atoms with Crippen LogP contribution in [0.25, 0.3) is 5.65 Å². The Kier molecular flexibility index (Phi) is 4.96. The Labute approximate surface area is 168 Å². The van der Waals surface area contributed by atoms with Gasteiger partial charge in [-0.3, -0.25) is 9.59 Å². The number of ether oxygens (including phenoxy) is 1. The minimum Gasteiger partial charge on any atom is -0.486 e. The highest BCUT2D eigenvalue weighted by atomic mass is 16.5. The van der Waals surface area contributed by atoms with Crippen molar-refractivity contribution in [2.75, 3.05) is 13.1 Å². The first-order valence-corrected chi connectivity index (χ1v) is 9.61. The molecule has 2 aromatic heterocycles. The summed E-state index contributed by atoms with van der Waals surface area (Å²) in [7, 11) is 0. The molecule has 1 aliphatic heterocycles. The molecule has 0 saturated carbocycles. The van der Waals surface area contributed by atoms with Crippen LogP contribution in [0.15, 0.2) is 48.8 Å². The van der Waals surface area contributed by atoms with Crippen LogP contribution >= 0.6 is 0 Å². The third-order valence-electron chi connectivity index (χ3n) is 5.44. The zero-order valence-electron chi connectivity index (χ0n) is 16.4. The van der Waals surface area contributed by atoms with E-state index in [9.17, 15) is 14.7 Å². The molecule has 2 atom stereocenters. The lowest BCUT2D eigenvalue weighted by atomic mass is 9.99. The van der Waals surface area contributed by atoms with Crippen LogP contribution < -0.4 is 4.74 Å². The van der Waals surface area contributed by atoms with Gasteiger partial charge < -0.3 is 19.1 Å². The summed E-state index contributed by atoms with van der Waals surface area (Å²) in [6, 6.07) is 11.0. The number of aromatic nitrogens is 2. The molecule has 0 unspecified atom stereocenters.